The minimum absolute atomic E-state index is 0.282. The Bertz CT molecular complexity index is 209. The topological polar surface area (TPSA) is 17.8 Å². The number of rotatable bonds is 1. The van der Waals surface area contributed by atoms with Gasteiger partial charge in [-0.3, -0.25) is 0 Å². The predicted octanol–water partition coefficient (Wildman–Crippen LogP) is 1.80. The molecule has 0 amide bonds. The van der Waals surface area contributed by atoms with Crippen LogP contribution >= 0.6 is 15.9 Å². The van der Waals surface area contributed by atoms with E-state index in [-0.39, 0.29) is 10.6 Å². The number of halogens is 2. The van der Waals surface area contributed by atoms with Crippen LogP contribution in [0, 0.1) is 5.95 Å². The van der Waals surface area contributed by atoms with Crippen LogP contribution in [0.15, 0.2) is 10.9 Å². The number of hydrogen-bond acceptors (Lipinski definition) is 1. The molecule has 2 nitrogen and oxygen atoms in total. The molecular weight excluding hydrogens is 187 g/mol. The van der Waals surface area contributed by atoms with E-state index in [2.05, 4.69) is 20.9 Å². The summed E-state index contributed by atoms with van der Waals surface area (Å²) < 4.78 is 14.3. The molecule has 0 aliphatic carbocycles. The summed E-state index contributed by atoms with van der Waals surface area (Å²) in [6.45, 7) is 2.47. The molecule has 1 aromatic rings. The van der Waals surface area contributed by atoms with Gasteiger partial charge in [-0.25, -0.2) is 4.98 Å². The average Bonchev–Trinajstić information content (AvgIpc) is 2.15. The van der Waals surface area contributed by atoms with Gasteiger partial charge in [-0.15, -0.1) is 0 Å². The summed E-state index contributed by atoms with van der Waals surface area (Å²) in [6, 6.07) is 0. The van der Waals surface area contributed by atoms with Crippen LogP contribution in [0.4, 0.5) is 4.39 Å². The molecule has 0 fully saturated rings. The highest BCUT2D eigenvalue weighted by Crippen LogP contribution is 2.11. The number of imidazole rings is 1. The van der Waals surface area contributed by atoms with E-state index in [1.165, 1.54) is 10.9 Å². The smallest absolute Gasteiger partial charge is 0.227 e. The lowest BCUT2D eigenvalue weighted by Gasteiger charge is -1.92. The summed E-state index contributed by atoms with van der Waals surface area (Å²) >= 11 is 2.95. The Kier molecular flexibility index (Phi) is 1.85. The Labute approximate surface area is 60.8 Å². The Hall–Kier alpha value is -0.380. The molecule has 9 heavy (non-hydrogen) atoms. The van der Waals surface area contributed by atoms with Crippen LogP contribution in [0.25, 0.3) is 0 Å². The van der Waals surface area contributed by atoms with Crippen molar-refractivity contribution in [2.75, 3.05) is 0 Å². The summed E-state index contributed by atoms with van der Waals surface area (Å²) in [5.74, 6) is -0.308. The Morgan fingerprint density at radius 1 is 1.89 bits per heavy atom. The van der Waals surface area contributed by atoms with Crippen molar-refractivity contribution in [2.24, 2.45) is 0 Å². The molecule has 0 aliphatic rings. The van der Waals surface area contributed by atoms with Crippen molar-refractivity contribution in [2.45, 2.75) is 13.5 Å². The second-order valence-corrected chi connectivity index (χ2v) is 2.36. The van der Waals surface area contributed by atoms with Gasteiger partial charge in [0.15, 0.2) is 4.60 Å². The maximum Gasteiger partial charge on any atom is 0.227 e. The van der Waals surface area contributed by atoms with Gasteiger partial charge < -0.3 is 4.57 Å². The van der Waals surface area contributed by atoms with E-state index < -0.39 is 0 Å². The molecule has 0 atom stereocenters. The van der Waals surface area contributed by atoms with E-state index >= 15 is 0 Å². The highest BCUT2D eigenvalue weighted by atomic mass is 79.9. The Morgan fingerprint density at radius 2 is 2.56 bits per heavy atom. The minimum atomic E-state index is -0.308. The van der Waals surface area contributed by atoms with Crippen molar-refractivity contribution in [3.05, 3.63) is 16.9 Å². The first-order chi connectivity index (χ1) is 4.25. The molecule has 0 unspecified atom stereocenters. The van der Waals surface area contributed by atoms with Crippen molar-refractivity contribution in [1.29, 1.82) is 0 Å². The third-order valence-electron chi connectivity index (χ3n) is 1.07. The molecule has 1 rings (SSSR count). The summed E-state index contributed by atoms with van der Waals surface area (Å²) in [5, 5.41) is 0. The summed E-state index contributed by atoms with van der Waals surface area (Å²) in [5.41, 5.74) is 0. The largest absolute Gasteiger partial charge is 0.307 e. The van der Waals surface area contributed by atoms with E-state index in [1.54, 1.807) is 0 Å². The molecule has 0 bridgehead atoms. The fraction of sp³-hybridized carbons (Fsp3) is 0.400. The third kappa shape index (κ3) is 1.13. The quantitative estimate of drug-likeness (QED) is 0.664. The fourth-order valence-corrected chi connectivity index (χ4v) is 0.883. The second-order valence-electron chi connectivity index (χ2n) is 1.61. The number of aromatic nitrogens is 2. The number of nitrogens with zero attached hydrogens (tertiary/aromatic N) is 2. The van der Waals surface area contributed by atoms with Crippen molar-refractivity contribution in [1.82, 2.24) is 9.55 Å². The van der Waals surface area contributed by atoms with Gasteiger partial charge in [0.1, 0.15) is 0 Å². The molecule has 0 N–H and O–H groups in total. The van der Waals surface area contributed by atoms with Crippen LogP contribution in [-0.2, 0) is 6.54 Å². The highest BCUT2D eigenvalue weighted by Gasteiger charge is 2.03. The summed E-state index contributed by atoms with van der Waals surface area (Å²) in [7, 11) is 0. The van der Waals surface area contributed by atoms with Crippen LogP contribution in [0.2, 0.25) is 0 Å². The molecule has 0 spiro atoms. The lowest BCUT2D eigenvalue weighted by atomic mass is 10.7. The normalized spacial score (nSPS) is 10.1. The molecule has 0 saturated heterocycles. The Morgan fingerprint density at radius 3 is 2.78 bits per heavy atom. The van der Waals surface area contributed by atoms with Crippen molar-refractivity contribution in [3.8, 4) is 0 Å². The second kappa shape index (κ2) is 2.47. The van der Waals surface area contributed by atoms with Gasteiger partial charge in [0.25, 0.3) is 0 Å². The van der Waals surface area contributed by atoms with Crippen LogP contribution < -0.4 is 0 Å². The van der Waals surface area contributed by atoms with E-state index in [1.807, 2.05) is 6.92 Å². The van der Waals surface area contributed by atoms with Crippen molar-refractivity contribution < 1.29 is 4.39 Å². The molecular formula is C5H6BrFN2. The predicted molar refractivity (Wildman–Crippen MR) is 35.6 cm³/mol. The van der Waals surface area contributed by atoms with Gasteiger partial charge in [0.2, 0.25) is 5.95 Å². The zero-order chi connectivity index (χ0) is 6.85. The molecule has 0 radical (unpaired) electrons. The molecule has 50 valence electrons. The molecule has 1 aromatic heterocycles. The van der Waals surface area contributed by atoms with E-state index in [9.17, 15) is 4.39 Å². The summed E-state index contributed by atoms with van der Waals surface area (Å²) in [6.07, 6.45) is 1.46. The highest BCUT2D eigenvalue weighted by molar-refractivity contribution is 9.10. The molecule has 1 heterocycles. The van der Waals surface area contributed by atoms with Gasteiger partial charge in [-0.1, -0.05) is 0 Å². The lowest BCUT2D eigenvalue weighted by molar-refractivity contribution is 0.503. The van der Waals surface area contributed by atoms with Gasteiger partial charge >= 0.3 is 0 Å². The van der Waals surface area contributed by atoms with E-state index in [0.717, 1.165) is 0 Å². The van der Waals surface area contributed by atoms with E-state index in [4.69, 9.17) is 0 Å². The van der Waals surface area contributed by atoms with Crippen LogP contribution in [0.5, 0.6) is 0 Å². The zero-order valence-corrected chi connectivity index (χ0v) is 6.52. The first kappa shape index (κ1) is 6.74. The van der Waals surface area contributed by atoms with Gasteiger partial charge in [-0.05, 0) is 22.9 Å². The van der Waals surface area contributed by atoms with Crippen molar-refractivity contribution >= 4 is 15.9 Å². The molecule has 4 heteroatoms. The minimum Gasteiger partial charge on any atom is -0.307 e. The monoisotopic (exact) mass is 192 g/mol. The van der Waals surface area contributed by atoms with Crippen LogP contribution in [0.3, 0.4) is 0 Å². The number of aryl methyl sites for hydroxylation is 1. The fourth-order valence-electron chi connectivity index (χ4n) is 0.563. The molecule has 0 saturated carbocycles. The molecule has 0 aromatic carbocycles. The maximum atomic E-state index is 12.6. The average molecular weight is 193 g/mol. The van der Waals surface area contributed by atoms with Gasteiger partial charge in [0.05, 0.1) is 6.33 Å². The summed E-state index contributed by atoms with van der Waals surface area (Å²) in [4.78, 5) is 3.69. The van der Waals surface area contributed by atoms with Crippen LogP contribution in [-0.4, -0.2) is 9.55 Å². The maximum absolute atomic E-state index is 12.6. The zero-order valence-electron chi connectivity index (χ0n) is 4.93. The van der Waals surface area contributed by atoms with Crippen molar-refractivity contribution in [3.63, 3.8) is 0 Å². The van der Waals surface area contributed by atoms with E-state index in [0.29, 0.717) is 6.54 Å². The lowest BCUT2D eigenvalue weighted by Crippen LogP contribution is -1.94. The standard InChI is InChI=1S/C5H6BrFN2/c1-2-9-3-8-4(6)5(9)7/h3H,2H2,1H3. The SMILES string of the molecule is CCn1cnc(Br)c1F. The van der Waals surface area contributed by atoms with Crippen LogP contribution in [0.1, 0.15) is 6.92 Å². The third-order valence-corrected chi connectivity index (χ3v) is 1.61. The first-order valence-corrected chi connectivity index (χ1v) is 3.41. The first-order valence-electron chi connectivity index (χ1n) is 2.61. The van der Waals surface area contributed by atoms with Gasteiger partial charge in [0, 0.05) is 6.54 Å². The van der Waals surface area contributed by atoms with Gasteiger partial charge in [-0.2, -0.15) is 4.39 Å². The number of hydrogen-bond donors (Lipinski definition) is 0. The molecule has 0 aliphatic heterocycles. The Balaban J connectivity index is 3.04.